The second-order valence-electron chi connectivity index (χ2n) is 6.23. The van der Waals surface area contributed by atoms with Crippen LogP contribution < -0.4 is 15.1 Å². The maximum absolute atomic E-state index is 14.2. The molecule has 0 atom stereocenters. The number of thiazole rings is 1. The summed E-state index contributed by atoms with van der Waals surface area (Å²) in [7, 11) is 0. The molecule has 0 saturated carbocycles. The van der Waals surface area contributed by atoms with Crippen molar-refractivity contribution in [2.45, 2.75) is 19.3 Å². The molecule has 1 aromatic carbocycles. The summed E-state index contributed by atoms with van der Waals surface area (Å²) in [6, 6.07) is 1.88. The van der Waals surface area contributed by atoms with Crippen molar-refractivity contribution in [1.82, 2.24) is 10.3 Å². The van der Waals surface area contributed by atoms with Gasteiger partial charge in [-0.2, -0.15) is 0 Å². The van der Waals surface area contributed by atoms with Crippen molar-refractivity contribution >= 4 is 34.1 Å². The quantitative estimate of drug-likeness (QED) is 0.892. The summed E-state index contributed by atoms with van der Waals surface area (Å²) in [5.74, 6) is -1.65. The van der Waals surface area contributed by atoms with Crippen LogP contribution in [0.15, 0.2) is 17.5 Å². The number of aryl methyl sites for hydroxylation is 1. The van der Waals surface area contributed by atoms with E-state index in [1.165, 1.54) is 27.2 Å². The Balaban J connectivity index is 1.53. The van der Waals surface area contributed by atoms with E-state index in [9.17, 15) is 18.4 Å². The van der Waals surface area contributed by atoms with Gasteiger partial charge in [-0.15, -0.1) is 11.3 Å². The number of rotatable bonds is 3. The standard InChI is InChI=1S/C17H16F2N4O2S/c18-11-6-10-2-1-4-22(15(10)13(19)7-11)14(24)8-12-9-26-17(21-12)23-5-3-20-16(23)25/h6-7,9H,1-5,8H2,(H,20,25). The van der Waals surface area contributed by atoms with Crippen LogP contribution in [0.5, 0.6) is 0 Å². The van der Waals surface area contributed by atoms with E-state index < -0.39 is 11.6 Å². The smallest absolute Gasteiger partial charge is 0.323 e. The number of carbonyl (C=O) groups excluding carboxylic acids is 2. The number of nitrogens with zero attached hydrogens (tertiary/aromatic N) is 3. The maximum Gasteiger partial charge on any atom is 0.323 e. The van der Waals surface area contributed by atoms with Crippen LogP contribution in [0, 0.1) is 11.6 Å². The van der Waals surface area contributed by atoms with Crippen molar-refractivity contribution in [3.8, 4) is 0 Å². The molecule has 3 heterocycles. The highest BCUT2D eigenvalue weighted by Crippen LogP contribution is 2.32. The lowest BCUT2D eigenvalue weighted by atomic mass is 10.0. The largest absolute Gasteiger partial charge is 0.336 e. The van der Waals surface area contributed by atoms with Crippen LogP contribution in [0.2, 0.25) is 0 Å². The maximum atomic E-state index is 14.2. The molecule has 1 aromatic heterocycles. The fraction of sp³-hybridized carbons (Fsp3) is 0.353. The fourth-order valence-corrected chi connectivity index (χ4v) is 4.16. The van der Waals surface area contributed by atoms with Gasteiger partial charge in [-0.3, -0.25) is 9.69 Å². The molecule has 9 heteroatoms. The number of benzene rings is 1. The van der Waals surface area contributed by atoms with Crippen LogP contribution in [0.1, 0.15) is 17.7 Å². The van der Waals surface area contributed by atoms with E-state index in [1.54, 1.807) is 5.38 Å². The third kappa shape index (κ3) is 3.03. The number of halogens is 2. The fourth-order valence-electron chi connectivity index (χ4n) is 3.31. The molecule has 0 bridgehead atoms. The highest BCUT2D eigenvalue weighted by atomic mass is 32.1. The third-order valence-electron chi connectivity index (χ3n) is 4.47. The molecular weight excluding hydrogens is 362 g/mol. The lowest BCUT2D eigenvalue weighted by Crippen LogP contribution is -2.37. The summed E-state index contributed by atoms with van der Waals surface area (Å²) < 4.78 is 27.7. The number of fused-ring (bicyclic) bond motifs is 1. The van der Waals surface area contributed by atoms with E-state index in [2.05, 4.69) is 10.3 Å². The average Bonchev–Trinajstić information content (AvgIpc) is 3.22. The topological polar surface area (TPSA) is 65.5 Å². The minimum Gasteiger partial charge on any atom is -0.336 e. The zero-order valence-electron chi connectivity index (χ0n) is 13.8. The zero-order chi connectivity index (χ0) is 18.3. The number of carbonyl (C=O) groups is 2. The first-order chi connectivity index (χ1) is 12.5. The first-order valence-electron chi connectivity index (χ1n) is 8.31. The van der Waals surface area contributed by atoms with Crippen molar-refractivity contribution in [3.63, 3.8) is 0 Å². The molecule has 2 aliphatic heterocycles. The minimum absolute atomic E-state index is 0.00220. The van der Waals surface area contributed by atoms with Gasteiger partial charge >= 0.3 is 6.03 Å². The van der Waals surface area contributed by atoms with Gasteiger partial charge in [0.25, 0.3) is 0 Å². The molecule has 3 amide bonds. The number of nitrogens with one attached hydrogen (secondary N) is 1. The summed E-state index contributed by atoms with van der Waals surface area (Å²) in [5.41, 5.74) is 1.20. The van der Waals surface area contributed by atoms with E-state index >= 15 is 0 Å². The number of aromatic nitrogens is 1. The highest BCUT2D eigenvalue weighted by Gasteiger charge is 2.28. The molecule has 6 nitrogen and oxygen atoms in total. The van der Waals surface area contributed by atoms with Crippen molar-refractivity contribution in [2.75, 3.05) is 29.4 Å². The van der Waals surface area contributed by atoms with Gasteiger partial charge < -0.3 is 10.2 Å². The van der Waals surface area contributed by atoms with Crippen molar-refractivity contribution in [2.24, 2.45) is 0 Å². The number of hydrogen-bond acceptors (Lipinski definition) is 4. The molecular formula is C17H16F2N4O2S. The molecule has 0 radical (unpaired) electrons. The Bertz CT molecular complexity index is 886. The predicted octanol–water partition coefficient (Wildman–Crippen LogP) is 2.47. The molecule has 136 valence electrons. The summed E-state index contributed by atoms with van der Waals surface area (Å²) in [6.07, 6.45) is 1.19. The van der Waals surface area contributed by atoms with Crippen LogP contribution >= 0.6 is 11.3 Å². The van der Waals surface area contributed by atoms with Gasteiger partial charge in [0.15, 0.2) is 5.13 Å². The van der Waals surface area contributed by atoms with Gasteiger partial charge in [0.1, 0.15) is 11.6 Å². The van der Waals surface area contributed by atoms with Crippen LogP contribution in [-0.4, -0.2) is 36.6 Å². The molecule has 1 N–H and O–H groups in total. The van der Waals surface area contributed by atoms with Gasteiger partial charge in [-0.05, 0) is 24.5 Å². The van der Waals surface area contributed by atoms with Crippen LogP contribution in [0.25, 0.3) is 0 Å². The molecule has 4 rings (SSSR count). The molecule has 1 fully saturated rings. The predicted molar refractivity (Wildman–Crippen MR) is 93.6 cm³/mol. The lowest BCUT2D eigenvalue weighted by Gasteiger charge is -2.29. The van der Waals surface area contributed by atoms with Gasteiger partial charge in [0, 0.05) is 31.1 Å². The van der Waals surface area contributed by atoms with Gasteiger partial charge in [0.05, 0.1) is 17.8 Å². The van der Waals surface area contributed by atoms with E-state index in [0.29, 0.717) is 48.9 Å². The lowest BCUT2D eigenvalue weighted by molar-refractivity contribution is -0.118. The molecule has 0 spiro atoms. The Kier molecular flexibility index (Phi) is 4.31. The Hall–Kier alpha value is -2.55. The van der Waals surface area contributed by atoms with Crippen molar-refractivity contribution in [3.05, 3.63) is 40.4 Å². The molecule has 2 aromatic rings. The normalized spacial score (nSPS) is 16.6. The highest BCUT2D eigenvalue weighted by molar-refractivity contribution is 7.14. The number of hydrogen-bond donors (Lipinski definition) is 1. The number of anilines is 2. The molecule has 0 unspecified atom stereocenters. The van der Waals surface area contributed by atoms with Crippen molar-refractivity contribution < 1.29 is 18.4 Å². The Labute approximate surface area is 152 Å². The van der Waals surface area contributed by atoms with Crippen molar-refractivity contribution in [1.29, 1.82) is 0 Å². The van der Waals surface area contributed by atoms with E-state index in [4.69, 9.17) is 0 Å². The van der Waals surface area contributed by atoms with E-state index in [0.717, 1.165) is 6.07 Å². The number of amides is 3. The average molecular weight is 378 g/mol. The van der Waals surface area contributed by atoms with Gasteiger partial charge in [-0.25, -0.2) is 18.6 Å². The zero-order valence-corrected chi connectivity index (χ0v) is 14.6. The van der Waals surface area contributed by atoms with E-state index in [-0.39, 0.29) is 24.0 Å². The first kappa shape index (κ1) is 16.9. The second-order valence-corrected chi connectivity index (χ2v) is 7.06. The minimum atomic E-state index is -0.722. The first-order valence-corrected chi connectivity index (χ1v) is 9.19. The molecule has 2 aliphatic rings. The van der Waals surface area contributed by atoms with Crippen LogP contribution in [0.3, 0.4) is 0 Å². The molecule has 26 heavy (non-hydrogen) atoms. The Morgan fingerprint density at radius 1 is 1.31 bits per heavy atom. The number of urea groups is 1. The van der Waals surface area contributed by atoms with Crippen LogP contribution in [-0.2, 0) is 17.6 Å². The SMILES string of the molecule is O=C1NCCN1c1nc(CC(=O)N2CCCc3cc(F)cc(F)c32)cs1. The molecule has 1 saturated heterocycles. The van der Waals surface area contributed by atoms with Crippen LogP contribution in [0.4, 0.5) is 24.4 Å². The monoisotopic (exact) mass is 378 g/mol. The van der Waals surface area contributed by atoms with Gasteiger partial charge in [-0.1, -0.05) is 0 Å². The summed E-state index contributed by atoms with van der Waals surface area (Å²) >= 11 is 1.29. The summed E-state index contributed by atoms with van der Waals surface area (Å²) in [4.78, 5) is 31.6. The Morgan fingerprint density at radius 2 is 2.15 bits per heavy atom. The Morgan fingerprint density at radius 3 is 2.92 bits per heavy atom. The molecule has 0 aliphatic carbocycles. The van der Waals surface area contributed by atoms with Gasteiger partial charge in [0.2, 0.25) is 5.91 Å². The summed E-state index contributed by atoms with van der Waals surface area (Å²) in [6.45, 7) is 1.49. The van der Waals surface area contributed by atoms with E-state index in [1.807, 2.05) is 0 Å². The second kappa shape index (κ2) is 6.64. The summed E-state index contributed by atoms with van der Waals surface area (Å²) in [5, 5.41) is 4.96. The third-order valence-corrected chi connectivity index (χ3v) is 5.38.